The topological polar surface area (TPSA) is 78.9 Å². The highest BCUT2D eigenvalue weighted by Crippen LogP contribution is 2.16. The van der Waals surface area contributed by atoms with Crippen molar-refractivity contribution in [2.24, 2.45) is 0 Å². The van der Waals surface area contributed by atoms with Crippen LogP contribution in [0.3, 0.4) is 0 Å². The highest BCUT2D eigenvalue weighted by Gasteiger charge is 2.19. The minimum absolute atomic E-state index is 0.0743. The van der Waals surface area contributed by atoms with Crippen LogP contribution in [0.15, 0.2) is 72.9 Å². The molecule has 6 nitrogen and oxygen atoms in total. The largest absolute Gasteiger partial charge is 0.462 e. The lowest BCUT2D eigenvalue weighted by Crippen LogP contribution is -2.30. The van der Waals surface area contributed by atoms with E-state index in [0.717, 1.165) is 89.9 Å². The van der Waals surface area contributed by atoms with E-state index in [1.807, 2.05) is 0 Å². The predicted octanol–water partition coefficient (Wildman–Crippen LogP) is 20.9. The van der Waals surface area contributed by atoms with E-state index in [0.29, 0.717) is 19.3 Å². The van der Waals surface area contributed by atoms with Gasteiger partial charge in [0.2, 0.25) is 0 Å². The van der Waals surface area contributed by atoms with Crippen LogP contribution in [0, 0.1) is 0 Å². The molecule has 1 atom stereocenters. The highest BCUT2D eigenvalue weighted by molar-refractivity contribution is 5.71. The third-order valence-corrected chi connectivity index (χ3v) is 13.4. The van der Waals surface area contributed by atoms with Crippen molar-refractivity contribution in [3.63, 3.8) is 0 Å². The van der Waals surface area contributed by atoms with Gasteiger partial charge in [-0.05, 0) is 89.9 Å². The van der Waals surface area contributed by atoms with Crippen LogP contribution in [0.2, 0.25) is 0 Å². The molecule has 1 unspecified atom stereocenters. The second kappa shape index (κ2) is 60.4. The molecule has 0 aliphatic carbocycles. The van der Waals surface area contributed by atoms with Gasteiger partial charge < -0.3 is 14.2 Å². The van der Waals surface area contributed by atoms with Crippen LogP contribution in [0.5, 0.6) is 0 Å². The Labute approximate surface area is 446 Å². The van der Waals surface area contributed by atoms with Crippen molar-refractivity contribution >= 4 is 17.9 Å². The van der Waals surface area contributed by atoms with Crippen molar-refractivity contribution < 1.29 is 28.6 Å². The Kier molecular flexibility index (Phi) is 57.8. The third kappa shape index (κ3) is 57.7. The average Bonchev–Trinajstić information content (AvgIpc) is 3.38. The standard InChI is InChI=1S/C66H116O6/c1-4-7-10-13-16-19-22-24-26-28-30-31-32-33-34-35-37-38-40-42-44-47-50-53-56-59-65(68)71-62-63(61-70-64(67)58-55-52-49-46-21-18-15-12-9-6-3)72-66(69)60-57-54-51-48-45-43-41-39-36-29-27-25-23-20-17-14-11-8-5-2/h7,10,16-17,19-20,24-27,30-31,63H,4-6,8-9,11-15,18,21-23,28-29,32-62H2,1-3H3/b10-7-,19-16-,20-17-,26-24-,27-25-,31-30-. The zero-order valence-corrected chi connectivity index (χ0v) is 47.7. The third-order valence-electron chi connectivity index (χ3n) is 13.4. The average molecular weight is 1010 g/mol. The van der Waals surface area contributed by atoms with E-state index in [4.69, 9.17) is 14.2 Å². The first-order valence-electron chi connectivity index (χ1n) is 30.9. The van der Waals surface area contributed by atoms with Gasteiger partial charge in [0.05, 0.1) is 0 Å². The van der Waals surface area contributed by atoms with Crippen LogP contribution >= 0.6 is 0 Å². The first-order chi connectivity index (χ1) is 35.5. The summed E-state index contributed by atoms with van der Waals surface area (Å²) in [6.07, 6.45) is 77.6. The van der Waals surface area contributed by atoms with Crippen molar-refractivity contribution in [3.05, 3.63) is 72.9 Å². The fraction of sp³-hybridized carbons (Fsp3) is 0.773. The number of allylic oxidation sites excluding steroid dienone is 12. The molecular formula is C66H116O6. The van der Waals surface area contributed by atoms with Gasteiger partial charge in [-0.25, -0.2) is 0 Å². The maximum absolute atomic E-state index is 12.9. The summed E-state index contributed by atoms with van der Waals surface area (Å²) in [7, 11) is 0. The molecule has 0 aromatic heterocycles. The van der Waals surface area contributed by atoms with Gasteiger partial charge in [0.1, 0.15) is 13.2 Å². The molecule has 6 heteroatoms. The number of rotatable bonds is 56. The predicted molar refractivity (Wildman–Crippen MR) is 311 cm³/mol. The van der Waals surface area contributed by atoms with Crippen LogP contribution in [0.4, 0.5) is 0 Å². The Morgan fingerprint density at radius 2 is 0.542 bits per heavy atom. The molecule has 0 aromatic carbocycles. The van der Waals surface area contributed by atoms with Gasteiger partial charge in [-0.15, -0.1) is 0 Å². The number of unbranched alkanes of at least 4 members (excludes halogenated alkanes) is 33. The normalized spacial score (nSPS) is 12.5. The summed E-state index contributed by atoms with van der Waals surface area (Å²) in [6.45, 7) is 6.52. The van der Waals surface area contributed by atoms with Gasteiger partial charge in [-0.2, -0.15) is 0 Å². The molecule has 0 amide bonds. The second-order valence-corrected chi connectivity index (χ2v) is 20.6. The number of carbonyl (C=O) groups excluding carboxylic acids is 3. The summed E-state index contributed by atoms with van der Waals surface area (Å²) in [4.78, 5) is 38.2. The quantitative estimate of drug-likeness (QED) is 0.0261. The summed E-state index contributed by atoms with van der Waals surface area (Å²) < 4.78 is 16.9. The van der Waals surface area contributed by atoms with Gasteiger partial charge in [-0.3, -0.25) is 14.4 Å². The lowest BCUT2D eigenvalue weighted by Gasteiger charge is -2.18. The maximum Gasteiger partial charge on any atom is 0.306 e. The Morgan fingerprint density at radius 1 is 0.292 bits per heavy atom. The number of hydrogen-bond acceptors (Lipinski definition) is 6. The Hall–Kier alpha value is -3.15. The van der Waals surface area contributed by atoms with Gasteiger partial charge in [-0.1, -0.05) is 273 Å². The smallest absolute Gasteiger partial charge is 0.306 e. The Morgan fingerprint density at radius 3 is 0.875 bits per heavy atom. The van der Waals surface area contributed by atoms with Gasteiger partial charge >= 0.3 is 17.9 Å². The molecule has 0 N–H and O–H groups in total. The van der Waals surface area contributed by atoms with E-state index in [1.54, 1.807) is 0 Å². The van der Waals surface area contributed by atoms with Crippen molar-refractivity contribution in [2.45, 2.75) is 316 Å². The monoisotopic (exact) mass is 1000 g/mol. The fourth-order valence-electron chi connectivity index (χ4n) is 8.82. The number of esters is 3. The van der Waals surface area contributed by atoms with Crippen LogP contribution in [0.25, 0.3) is 0 Å². The molecule has 0 saturated heterocycles. The summed E-state index contributed by atoms with van der Waals surface area (Å²) >= 11 is 0. The molecule has 0 aromatic rings. The van der Waals surface area contributed by atoms with Crippen molar-refractivity contribution in [3.8, 4) is 0 Å². The van der Waals surface area contributed by atoms with Crippen molar-refractivity contribution in [1.29, 1.82) is 0 Å². The molecule has 0 bridgehead atoms. The molecule has 0 rings (SSSR count). The van der Waals surface area contributed by atoms with Crippen LogP contribution in [0.1, 0.15) is 310 Å². The Bertz CT molecular complexity index is 1340. The number of hydrogen-bond donors (Lipinski definition) is 0. The van der Waals surface area contributed by atoms with Crippen LogP contribution in [-0.4, -0.2) is 37.2 Å². The van der Waals surface area contributed by atoms with Gasteiger partial charge in [0.15, 0.2) is 6.10 Å². The molecular weight excluding hydrogens is 889 g/mol. The Balaban J connectivity index is 4.24. The summed E-state index contributed by atoms with van der Waals surface area (Å²) in [5, 5.41) is 0. The van der Waals surface area contributed by atoms with Crippen molar-refractivity contribution in [2.75, 3.05) is 13.2 Å². The van der Waals surface area contributed by atoms with E-state index >= 15 is 0 Å². The molecule has 416 valence electrons. The summed E-state index contributed by atoms with van der Waals surface area (Å²) in [6, 6.07) is 0. The SMILES string of the molecule is CC/C=C\C/C=C\C/C=C\C/C=C\CCCCCCCCCCCCCCC(=O)OCC(COC(=O)CCCCCCCCCCCC)OC(=O)CCCCCCCCCCC/C=C\C/C=C\CCCCC. The maximum atomic E-state index is 12.9. The summed E-state index contributed by atoms with van der Waals surface area (Å²) in [5.41, 5.74) is 0. The fourth-order valence-corrected chi connectivity index (χ4v) is 8.82. The molecule has 72 heavy (non-hydrogen) atoms. The van der Waals surface area contributed by atoms with Gasteiger partial charge in [0, 0.05) is 19.3 Å². The lowest BCUT2D eigenvalue weighted by atomic mass is 10.0. The molecule has 0 aliphatic rings. The van der Waals surface area contributed by atoms with E-state index < -0.39 is 6.10 Å². The number of carbonyl (C=O) groups is 3. The zero-order chi connectivity index (χ0) is 52.2. The van der Waals surface area contributed by atoms with Crippen molar-refractivity contribution in [1.82, 2.24) is 0 Å². The second-order valence-electron chi connectivity index (χ2n) is 20.6. The van der Waals surface area contributed by atoms with Crippen LogP contribution in [-0.2, 0) is 28.6 Å². The highest BCUT2D eigenvalue weighted by atomic mass is 16.6. The molecule has 0 saturated carbocycles. The molecule has 0 radical (unpaired) electrons. The molecule has 0 fully saturated rings. The van der Waals surface area contributed by atoms with Crippen LogP contribution < -0.4 is 0 Å². The zero-order valence-electron chi connectivity index (χ0n) is 47.7. The van der Waals surface area contributed by atoms with E-state index in [-0.39, 0.29) is 31.1 Å². The van der Waals surface area contributed by atoms with E-state index in [2.05, 4.69) is 93.7 Å². The molecule has 0 spiro atoms. The van der Waals surface area contributed by atoms with E-state index in [1.165, 1.54) is 180 Å². The summed E-state index contributed by atoms with van der Waals surface area (Å²) in [5.74, 6) is -0.869. The number of ether oxygens (including phenoxy) is 3. The lowest BCUT2D eigenvalue weighted by molar-refractivity contribution is -0.167. The van der Waals surface area contributed by atoms with E-state index in [9.17, 15) is 14.4 Å². The first kappa shape index (κ1) is 68.8. The molecule has 0 aliphatic heterocycles. The minimum Gasteiger partial charge on any atom is -0.462 e. The minimum atomic E-state index is -0.776. The van der Waals surface area contributed by atoms with Gasteiger partial charge in [0.25, 0.3) is 0 Å². The first-order valence-corrected chi connectivity index (χ1v) is 30.9. The molecule has 0 heterocycles.